The highest BCUT2D eigenvalue weighted by Crippen LogP contribution is 2.31. The molecule has 4 nitrogen and oxygen atoms in total. The van der Waals surface area contributed by atoms with Gasteiger partial charge in [-0.2, -0.15) is 0 Å². The van der Waals surface area contributed by atoms with Crippen molar-refractivity contribution in [2.45, 2.75) is 49.6 Å². The lowest BCUT2D eigenvalue weighted by Crippen LogP contribution is -2.24. The Balaban J connectivity index is 0.00000240. The van der Waals surface area contributed by atoms with E-state index in [-0.39, 0.29) is 19.0 Å². The van der Waals surface area contributed by atoms with Gasteiger partial charge in [0.1, 0.15) is 0 Å². The zero-order valence-corrected chi connectivity index (χ0v) is 17.9. The largest absolute Gasteiger partial charge is 0.382 e. The summed E-state index contributed by atoms with van der Waals surface area (Å²) in [5, 5.41) is 5.35. The highest BCUT2D eigenvalue weighted by atomic mass is 35.5. The smallest absolute Gasteiger partial charge is 0.241 e. The van der Waals surface area contributed by atoms with Gasteiger partial charge in [0.2, 0.25) is 10.0 Å². The van der Waals surface area contributed by atoms with Crippen molar-refractivity contribution in [2.24, 2.45) is 0 Å². The monoisotopic (exact) mass is 430 g/mol. The molecule has 1 fully saturated rings. The lowest BCUT2D eigenvalue weighted by molar-refractivity contribution is 0.463. The minimum atomic E-state index is -3.61. The summed E-state index contributed by atoms with van der Waals surface area (Å²) in [5.74, 6) is 0. The molecule has 1 aliphatic rings. The van der Waals surface area contributed by atoms with Gasteiger partial charge in [-0.05, 0) is 30.5 Å². The highest BCUT2D eigenvalue weighted by molar-refractivity contribution is 7.89. The van der Waals surface area contributed by atoms with Gasteiger partial charge in [-0.25, -0.2) is 13.1 Å². The molecule has 0 aromatic heterocycles. The van der Waals surface area contributed by atoms with Crippen LogP contribution < -0.4 is 10.0 Å². The summed E-state index contributed by atoms with van der Waals surface area (Å²) in [7, 11) is -3.61. The molecular weight excluding hydrogens is 404 g/mol. The van der Waals surface area contributed by atoms with E-state index in [1.165, 1.54) is 32.1 Å². The summed E-state index contributed by atoms with van der Waals surface area (Å²) in [6, 6.07) is 21.4. The maximum atomic E-state index is 13.0. The Morgan fingerprint density at radius 1 is 0.793 bits per heavy atom. The van der Waals surface area contributed by atoms with Gasteiger partial charge in [0.15, 0.2) is 0 Å². The number of rotatable bonds is 6. The first-order chi connectivity index (χ1) is 13.6. The molecule has 0 aliphatic heterocycles. The fourth-order valence-corrected chi connectivity index (χ4v) is 5.20. The number of sulfonamides is 1. The minimum absolute atomic E-state index is 0. The van der Waals surface area contributed by atoms with Crippen LogP contribution in [0.1, 0.15) is 37.7 Å². The molecular formula is C23H27ClN2O2S. The van der Waals surface area contributed by atoms with Crippen LogP contribution in [0.2, 0.25) is 0 Å². The number of nitrogens with one attached hydrogen (secondary N) is 2. The molecule has 2 N–H and O–H groups in total. The Labute approximate surface area is 179 Å². The van der Waals surface area contributed by atoms with Gasteiger partial charge in [-0.1, -0.05) is 73.9 Å². The Bertz CT molecular complexity index is 1050. The van der Waals surface area contributed by atoms with Gasteiger partial charge >= 0.3 is 0 Å². The predicted molar refractivity (Wildman–Crippen MR) is 122 cm³/mol. The molecule has 4 rings (SSSR count). The van der Waals surface area contributed by atoms with Crippen LogP contribution in [0.15, 0.2) is 71.6 Å². The molecule has 0 radical (unpaired) electrons. The van der Waals surface area contributed by atoms with E-state index < -0.39 is 10.0 Å². The molecule has 1 aliphatic carbocycles. The molecule has 6 heteroatoms. The van der Waals surface area contributed by atoms with E-state index >= 15 is 0 Å². The third-order valence-electron chi connectivity index (χ3n) is 5.45. The molecule has 3 aromatic carbocycles. The molecule has 29 heavy (non-hydrogen) atoms. The first-order valence-corrected chi connectivity index (χ1v) is 11.4. The third-order valence-corrected chi connectivity index (χ3v) is 6.90. The van der Waals surface area contributed by atoms with Gasteiger partial charge in [0.05, 0.1) is 4.90 Å². The Kier molecular flexibility index (Phi) is 7.17. The molecule has 0 saturated heterocycles. The van der Waals surface area contributed by atoms with E-state index in [1.807, 2.05) is 60.7 Å². The van der Waals surface area contributed by atoms with Crippen molar-refractivity contribution >= 4 is 38.9 Å². The predicted octanol–water partition coefficient (Wildman–Crippen LogP) is 5.48. The van der Waals surface area contributed by atoms with E-state index in [4.69, 9.17) is 0 Å². The third kappa shape index (κ3) is 5.10. The van der Waals surface area contributed by atoms with Crippen LogP contribution in [-0.4, -0.2) is 14.5 Å². The van der Waals surface area contributed by atoms with Crippen molar-refractivity contribution in [2.75, 3.05) is 5.32 Å². The normalized spacial score (nSPS) is 15.0. The molecule has 0 spiro atoms. The van der Waals surface area contributed by atoms with Crippen LogP contribution in [0.3, 0.4) is 0 Å². The Morgan fingerprint density at radius 3 is 2.24 bits per heavy atom. The number of fused-ring (bicyclic) bond motifs is 1. The average molecular weight is 431 g/mol. The van der Waals surface area contributed by atoms with Crippen molar-refractivity contribution < 1.29 is 8.42 Å². The fraction of sp³-hybridized carbons (Fsp3) is 0.304. The van der Waals surface area contributed by atoms with Crippen molar-refractivity contribution in [1.82, 2.24) is 4.72 Å². The second kappa shape index (κ2) is 9.61. The number of hydrogen-bond acceptors (Lipinski definition) is 3. The maximum Gasteiger partial charge on any atom is 0.241 e. The second-order valence-corrected chi connectivity index (χ2v) is 9.18. The first kappa shape index (κ1) is 21.6. The molecule has 0 atom stereocenters. The summed E-state index contributed by atoms with van der Waals surface area (Å²) in [4.78, 5) is 0.327. The molecule has 0 bridgehead atoms. The Hall–Kier alpha value is -2.08. The molecule has 0 heterocycles. The van der Waals surface area contributed by atoms with Gasteiger partial charge in [-0.15, -0.1) is 12.4 Å². The van der Waals surface area contributed by atoms with Crippen LogP contribution in [0.5, 0.6) is 0 Å². The summed E-state index contributed by atoms with van der Waals surface area (Å²) in [5.41, 5.74) is 1.95. The Morgan fingerprint density at radius 2 is 1.48 bits per heavy atom. The maximum absolute atomic E-state index is 13.0. The van der Waals surface area contributed by atoms with Crippen LogP contribution in [0.4, 0.5) is 5.69 Å². The minimum Gasteiger partial charge on any atom is -0.382 e. The zero-order chi connectivity index (χ0) is 19.4. The number of hydrogen-bond donors (Lipinski definition) is 2. The molecule has 0 amide bonds. The van der Waals surface area contributed by atoms with E-state index in [0.717, 1.165) is 22.0 Å². The summed E-state index contributed by atoms with van der Waals surface area (Å²) >= 11 is 0. The average Bonchev–Trinajstić information content (AvgIpc) is 2.74. The SMILES string of the molecule is Cl.O=S(=O)(NCc1ccccc1)c1cccc2c(NC3CCCCC3)cccc12. The van der Waals surface area contributed by atoms with E-state index in [1.54, 1.807) is 6.07 Å². The van der Waals surface area contributed by atoms with Gasteiger partial charge in [0.25, 0.3) is 0 Å². The van der Waals surface area contributed by atoms with Crippen molar-refractivity contribution in [3.8, 4) is 0 Å². The van der Waals surface area contributed by atoms with Crippen molar-refractivity contribution in [3.05, 3.63) is 72.3 Å². The van der Waals surface area contributed by atoms with Crippen molar-refractivity contribution in [1.29, 1.82) is 0 Å². The van der Waals surface area contributed by atoms with Crippen LogP contribution in [-0.2, 0) is 16.6 Å². The first-order valence-electron chi connectivity index (χ1n) is 9.95. The highest BCUT2D eigenvalue weighted by Gasteiger charge is 2.19. The standard InChI is InChI=1S/C23H26N2O2S.ClH/c26-28(27,24-17-18-9-3-1-4-10-18)23-16-8-13-20-21(23)14-7-15-22(20)25-19-11-5-2-6-12-19;/h1,3-4,7-10,13-16,19,24-25H,2,5-6,11-12,17H2;1H. The number of anilines is 1. The van der Waals surface area contributed by atoms with Crippen LogP contribution in [0.25, 0.3) is 10.8 Å². The number of halogens is 1. The summed E-state index contributed by atoms with van der Waals surface area (Å²) < 4.78 is 28.7. The topological polar surface area (TPSA) is 58.2 Å². The molecule has 0 unspecified atom stereocenters. The van der Waals surface area contributed by atoms with Gasteiger partial charge in [-0.3, -0.25) is 0 Å². The van der Waals surface area contributed by atoms with Gasteiger partial charge < -0.3 is 5.32 Å². The van der Waals surface area contributed by atoms with E-state index in [9.17, 15) is 8.42 Å². The second-order valence-electron chi connectivity index (χ2n) is 7.45. The van der Waals surface area contributed by atoms with Crippen LogP contribution >= 0.6 is 12.4 Å². The number of benzene rings is 3. The quantitative estimate of drug-likeness (QED) is 0.544. The molecule has 154 valence electrons. The fourth-order valence-electron chi connectivity index (χ4n) is 3.96. The lowest BCUT2D eigenvalue weighted by Gasteiger charge is -2.24. The van der Waals surface area contributed by atoms with E-state index in [2.05, 4.69) is 10.0 Å². The van der Waals surface area contributed by atoms with E-state index in [0.29, 0.717) is 10.9 Å². The lowest BCUT2D eigenvalue weighted by atomic mass is 9.95. The van der Waals surface area contributed by atoms with Crippen LogP contribution in [0, 0.1) is 0 Å². The summed E-state index contributed by atoms with van der Waals surface area (Å²) in [6.07, 6.45) is 6.17. The molecule has 3 aromatic rings. The zero-order valence-electron chi connectivity index (χ0n) is 16.3. The van der Waals surface area contributed by atoms with Gasteiger partial charge in [0, 0.05) is 29.0 Å². The van der Waals surface area contributed by atoms with Crippen molar-refractivity contribution in [3.63, 3.8) is 0 Å². The summed E-state index contributed by atoms with van der Waals surface area (Å²) in [6.45, 7) is 0.277. The molecule has 1 saturated carbocycles.